The first-order chi connectivity index (χ1) is 9.54. The van der Waals surface area contributed by atoms with Crippen molar-refractivity contribution in [1.82, 2.24) is 4.98 Å². The summed E-state index contributed by atoms with van der Waals surface area (Å²) in [7, 11) is 0. The number of fused-ring (bicyclic) bond motifs is 3. The zero-order valence-corrected chi connectivity index (χ0v) is 11.8. The van der Waals surface area contributed by atoms with E-state index in [1.54, 1.807) is 6.07 Å². The van der Waals surface area contributed by atoms with E-state index in [0.29, 0.717) is 11.4 Å². The van der Waals surface area contributed by atoms with Crippen LogP contribution in [-0.2, 0) is 0 Å². The molecule has 102 valence electrons. The van der Waals surface area contributed by atoms with E-state index in [1.165, 1.54) is 12.1 Å². The minimum Gasteiger partial charge on any atom is -0.474 e. The topological polar surface area (TPSA) is 22.1 Å². The summed E-state index contributed by atoms with van der Waals surface area (Å²) < 4.78 is 19.2. The van der Waals surface area contributed by atoms with Gasteiger partial charge in [-0.1, -0.05) is 17.7 Å². The molecule has 0 aliphatic carbocycles. The number of hydrogen-bond donors (Lipinski definition) is 0. The van der Waals surface area contributed by atoms with E-state index in [9.17, 15) is 4.39 Å². The lowest BCUT2D eigenvalue weighted by atomic mass is 10.0. The second-order valence-electron chi connectivity index (χ2n) is 5.29. The van der Waals surface area contributed by atoms with Gasteiger partial charge in [0.25, 0.3) is 0 Å². The van der Waals surface area contributed by atoms with Gasteiger partial charge in [0.15, 0.2) is 0 Å². The summed E-state index contributed by atoms with van der Waals surface area (Å²) in [5.74, 6) is 0.278. The fraction of sp³-hybridized carbons (Fsp3) is 0.235. The lowest BCUT2D eigenvalue weighted by Gasteiger charge is -2.13. The molecule has 0 unspecified atom stereocenters. The summed E-state index contributed by atoms with van der Waals surface area (Å²) in [5.41, 5.74) is 1.78. The largest absolute Gasteiger partial charge is 0.474 e. The number of benzene rings is 2. The fourth-order valence-corrected chi connectivity index (χ4v) is 2.38. The van der Waals surface area contributed by atoms with Crippen LogP contribution in [0.5, 0.6) is 5.88 Å². The van der Waals surface area contributed by atoms with E-state index in [1.807, 2.05) is 32.9 Å². The second-order valence-corrected chi connectivity index (χ2v) is 5.29. The molecule has 20 heavy (non-hydrogen) atoms. The minimum absolute atomic E-state index is 0.0259. The summed E-state index contributed by atoms with van der Waals surface area (Å²) in [6, 6.07) is 10.8. The predicted molar refractivity (Wildman–Crippen MR) is 79.7 cm³/mol. The molecule has 0 N–H and O–H groups in total. The van der Waals surface area contributed by atoms with E-state index in [2.05, 4.69) is 11.1 Å². The van der Waals surface area contributed by atoms with Crippen LogP contribution in [-0.4, -0.2) is 11.1 Å². The number of halogens is 1. The highest BCUT2D eigenvalue weighted by Gasteiger charge is 2.11. The fourth-order valence-electron chi connectivity index (χ4n) is 2.38. The Balaban J connectivity index is 2.41. The molecule has 0 radical (unpaired) electrons. The molecule has 3 aromatic rings. The van der Waals surface area contributed by atoms with Crippen molar-refractivity contribution < 1.29 is 9.13 Å². The van der Waals surface area contributed by atoms with Crippen molar-refractivity contribution in [3.63, 3.8) is 0 Å². The first kappa shape index (κ1) is 12.9. The Labute approximate surface area is 117 Å². The van der Waals surface area contributed by atoms with Crippen molar-refractivity contribution in [3.8, 4) is 5.88 Å². The van der Waals surface area contributed by atoms with Crippen LogP contribution in [0.15, 0.2) is 36.4 Å². The molecular formula is C17H16FNO. The van der Waals surface area contributed by atoms with E-state index in [0.717, 1.165) is 21.7 Å². The maximum Gasteiger partial charge on any atom is 0.222 e. The average Bonchev–Trinajstić information content (AvgIpc) is 2.37. The smallest absolute Gasteiger partial charge is 0.222 e. The monoisotopic (exact) mass is 269 g/mol. The van der Waals surface area contributed by atoms with Gasteiger partial charge in [0.05, 0.1) is 11.6 Å². The number of nitrogens with zero attached hydrogens (tertiary/aromatic N) is 1. The van der Waals surface area contributed by atoms with Crippen LogP contribution in [0.3, 0.4) is 0 Å². The summed E-state index contributed by atoms with van der Waals surface area (Å²) in [4.78, 5) is 4.47. The Morgan fingerprint density at radius 1 is 1.00 bits per heavy atom. The van der Waals surface area contributed by atoms with Gasteiger partial charge in [-0.3, -0.25) is 0 Å². The third kappa shape index (κ3) is 2.20. The molecule has 0 spiro atoms. The quantitative estimate of drug-likeness (QED) is 0.633. The zero-order chi connectivity index (χ0) is 14.3. The maximum absolute atomic E-state index is 13.4. The van der Waals surface area contributed by atoms with Crippen molar-refractivity contribution >= 4 is 21.7 Å². The zero-order valence-electron chi connectivity index (χ0n) is 11.8. The molecule has 0 amide bonds. The second kappa shape index (κ2) is 4.75. The van der Waals surface area contributed by atoms with E-state index in [-0.39, 0.29) is 11.9 Å². The highest BCUT2D eigenvalue weighted by atomic mass is 19.1. The van der Waals surface area contributed by atoms with Crippen LogP contribution < -0.4 is 4.74 Å². The Morgan fingerprint density at radius 2 is 1.75 bits per heavy atom. The van der Waals surface area contributed by atoms with Crippen LogP contribution >= 0.6 is 0 Å². The summed E-state index contributed by atoms with van der Waals surface area (Å²) in [5, 5.41) is 2.95. The number of aromatic nitrogens is 1. The van der Waals surface area contributed by atoms with Crippen molar-refractivity contribution in [3.05, 3.63) is 47.8 Å². The van der Waals surface area contributed by atoms with Gasteiger partial charge >= 0.3 is 0 Å². The summed E-state index contributed by atoms with van der Waals surface area (Å²) in [6.45, 7) is 5.95. The number of aryl methyl sites for hydroxylation is 1. The third-order valence-corrected chi connectivity index (χ3v) is 3.22. The van der Waals surface area contributed by atoms with Crippen molar-refractivity contribution in [1.29, 1.82) is 0 Å². The Kier molecular flexibility index (Phi) is 3.05. The Hall–Kier alpha value is -2.16. The molecule has 1 heterocycles. The molecule has 3 rings (SSSR count). The minimum atomic E-state index is -0.285. The molecule has 2 nitrogen and oxygen atoms in total. The highest BCUT2D eigenvalue weighted by molar-refractivity contribution is 6.08. The van der Waals surface area contributed by atoms with Crippen LogP contribution in [0.4, 0.5) is 4.39 Å². The molecule has 2 aromatic carbocycles. The lowest BCUT2D eigenvalue weighted by Crippen LogP contribution is -2.07. The van der Waals surface area contributed by atoms with Gasteiger partial charge in [-0.05, 0) is 44.4 Å². The lowest BCUT2D eigenvalue weighted by molar-refractivity contribution is 0.237. The van der Waals surface area contributed by atoms with Crippen molar-refractivity contribution in [2.24, 2.45) is 0 Å². The number of hydrogen-bond acceptors (Lipinski definition) is 2. The van der Waals surface area contributed by atoms with Gasteiger partial charge in [-0.2, -0.15) is 0 Å². The number of rotatable bonds is 2. The average molecular weight is 269 g/mol. The molecule has 1 aromatic heterocycles. The van der Waals surface area contributed by atoms with Crippen molar-refractivity contribution in [2.75, 3.05) is 0 Å². The molecule has 0 atom stereocenters. The maximum atomic E-state index is 13.4. The molecule has 0 aliphatic heterocycles. The van der Waals surface area contributed by atoms with E-state index >= 15 is 0 Å². The van der Waals surface area contributed by atoms with Crippen LogP contribution in [0.1, 0.15) is 19.4 Å². The number of pyridine rings is 1. The summed E-state index contributed by atoms with van der Waals surface area (Å²) >= 11 is 0. The van der Waals surface area contributed by atoms with Gasteiger partial charge in [-0.15, -0.1) is 0 Å². The van der Waals surface area contributed by atoms with Gasteiger partial charge in [0.1, 0.15) is 5.82 Å². The van der Waals surface area contributed by atoms with Gasteiger partial charge in [-0.25, -0.2) is 9.37 Å². The molecular weight excluding hydrogens is 253 g/mol. The first-order valence-corrected chi connectivity index (χ1v) is 6.71. The normalized spacial score (nSPS) is 11.4. The molecule has 0 saturated heterocycles. The van der Waals surface area contributed by atoms with E-state index < -0.39 is 0 Å². The van der Waals surface area contributed by atoms with Crippen LogP contribution in [0.25, 0.3) is 21.7 Å². The van der Waals surface area contributed by atoms with E-state index in [4.69, 9.17) is 4.74 Å². The third-order valence-electron chi connectivity index (χ3n) is 3.22. The molecule has 0 aliphatic rings. The molecule has 0 bridgehead atoms. The molecule has 0 fully saturated rings. The number of ether oxygens (including phenoxy) is 1. The van der Waals surface area contributed by atoms with Crippen LogP contribution in [0.2, 0.25) is 0 Å². The molecule has 0 saturated carbocycles. The van der Waals surface area contributed by atoms with Crippen molar-refractivity contribution in [2.45, 2.75) is 26.9 Å². The highest BCUT2D eigenvalue weighted by Crippen LogP contribution is 2.32. The van der Waals surface area contributed by atoms with Gasteiger partial charge in [0.2, 0.25) is 5.88 Å². The standard InChI is InChI=1S/C17H16FNO/c1-10(2)20-17-14-6-4-11(3)8-15(14)13-7-5-12(18)9-16(13)19-17/h4-10H,1-3H3. The Bertz CT molecular complexity index is 796. The SMILES string of the molecule is Cc1ccc2c(OC(C)C)nc3cc(F)ccc3c2c1. The van der Waals surface area contributed by atoms with Gasteiger partial charge < -0.3 is 4.74 Å². The molecule has 3 heteroatoms. The predicted octanol–water partition coefficient (Wildman–Crippen LogP) is 4.62. The van der Waals surface area contributed by atoms with Crippen LogP contribution in [0, 0.1) is 12.7 Å². The Morgan fingerprint density at radius 3 is 2.50 bits per heavy atom. The first-order valence-electron chi connectivity index (χ1n) is 6.71. The van der Waals surface area contributed by atoms with Gasteiger partial charge in [0, 0.05) is 16.8 Å². The summed E-state index contributed by atoms with van der Waals surface area (Å²) in [6.07, 6.45) is 0.0259.